The van der Waals surface area contributed by atoms with E-state index in [0.29, 0.717) is 0 Å². The molecule has 0 aliphatic heterocycles. The molecule has 0 saturated carbocycles. The summed E-state index contributed by atoms with van der Waals surface area (Å²) in [6.07, 6.45) is 2.67. The van der Waals surface area contributed by atoms with E-state index in [1.807, 2.05) is 55.6 Å². The molecule has 1 N–H and O–H groups in total. The summed E-state index contributed by atoms with van der Waals surface area (Å²) in [6, 6.07) is 13.4. The molecule has 16 heavy (non-hydrogen) atoms. The lowest BCUT2D eigenvalue weighted by molar-refractivity contribution is 0.0956. The van der Waals surface area contributed by atoms with Crippen molar-refractivity contribution in [3.05, 3.63) is 59.9 Å². The van der Waals surface area contributed by atoms with Crippen LogP contribution in [0.1, 0.15) is 35.3 Å². The molecule has 0 spiro atoms. The average molecular weight is 213 g/mol. The number of hydrogen-bond donors (Lipinski definition) is 1. The third-order valence-electron chi connectivity index (χ3n) is 2.78. The number of nitrogens with one attached hydrogen (secondary N) is 1. The monoisotopic (exact) mass is 213 g/mol. The highest BCUT2D eigenvalue weighted by Gasteiger charge is 2.20. The Morgan fingerprint density at radius 2 is 1.94 bits per heavy atom. The van der Waals surface area contributed by atoms with Crippen LogP contribution < -0.4 is 0 Å². The zero-order chi connectivity index (χ0) is 11.4. The summed E-state index contributed by atoms with van der Waals surface area (Å²) in [6.45, 7) is 2.03. The van der Waals surface area contributed by atoms with Crippen molar-refractivity contribution in [2.75, 3.05) is 0 Å². The van der Waals surface area contributed by atoms with Crippen LogP contribution in [0.25, 0.3) is 0 Å². The van der Waals surface area contributed by atoms with E-state index in [9.17, 15) is 4.79 Å². The number of hydrogen-bond acceptors (Lipinski definition) is 1. The van der Waals surface area contributed by atoms with Gasteiger partial charge in [-0.3, -0.25) is 4.79 Å². The summed E-state index contributed by atoms with van der Waals surface area (Å²) in [4.78, 5) is 15.4. The van der Waals surface area contributed by atoms with Crippen LogP contribution in [0.3, 0.4) is 0 Å². The minimum Gasteiger partial charge on any atom is -0.364 e. The predicted molar refractivity (Wildman–Crippen MR) is 64.6 cm³/mol. The second kappa shape index (κ2) is 4.79. The Balaban J connectivity index is 2.27. The quantitative estimate of drug-likeness (QED) is 0.776. The largest absolute Gasteiger partial charge is 0.364 e. The van der Waals surface area contributed by atoms with E-state index in [1.165, 1.54) is 0 Å². The minimum absolute atomic E-state index is 0.0580. The number of ketones is 1. The van der Waals surface area contributed by atoms with Gasteiger partial charge < -0.3 is 4.98 Å². The van der Waals surface area contributed by atoms with E-state index in [-0.39, 0.29) is 11.7 Å². The zero-order valence-electron chi connectivity index (χ0n) is 9.31. The van der Waals surface area contributed by atoms with Gasteiger partial charge in [0, 0.05) is 17.5 Å². The Morgan fingerprint density at radius 1 is 1.19 bits per heavy atom. The fourth-order valence-electron chi connectivity index (χ4n) is 1.91. The third-order valence-corrected chi connectivity index (χ3v) is 2.78. The van der Waals surface area contributed by atoms with Crippen LogP contribution in [0.2, 0.25) is 0 Å². The van der Waals surface area contributed by atoms with Crippen molar-refractivity contribution in [2.45, 2.75) is 19.3 Å². The number of carbonyl (C=O) groups excluding carboxylic acids is 1. The van der Waals surface area contributed by atoms with E-state index in [0.717, 1.165) is 17.7 Å². The van der Waals surface area contributed by atoms with Gasteiger partial charge in [-0.1, -0.05) is 37.3 Å². The maximum absolute atomic E-state index is 12.3. The molecule has 0 saturated heterocycles. The second-order valence-electron chi connectivity index (χ2n) is 3.82. The van der Waals surface area contributed by atoms with E-state index in [4.69, 9.17) is 0 Å². The molecule has 1 aromatic carbocycles. The fourth-order valence-corrected chi connectivity index (χ4v) is 1.91. The van der Waals surface area contributed by atoms with Gasteiger partial charge >= 0.3 is 0 Å². The highest BCUT2D eigenvalue weighted by atomic mass is 16.1. The topological polar surface area (TPSA) is 32.9 Å². The summed E-state index contributed by atoms with van der Waals surface area (Å²) in [5, 5.41) is 0. The Morgan fingerprint density at radius 3 is 2.50 bits per heavy atom. The summed E-state index contributed by atoms with van der Waals surface area (Å²) in [7, 11) is 0. The van der Waals surface area contributed by atoms with Crippen LogP contribution in [-0.4, -0.2) is 10.8 Å². The molecule has 0 bridgehead atoms. The number of H-pyrrole nitrogens is 1. The smallest absolute Gasteiger partial charge is 0.171 e. The van der Waals surface area contributed by atoms with Gasteiger partial charge in [0.1, 0.15) is 0 Å². The van der Waals surface area contributed by atoms with Gasteiger partial charge in [0.05, 0.1) is 5.92 Å². The van der Waals surface area contributed by atoms with Gasteiger partial charge in [0.15, 0.2) is 5.78 Å². The van der Waals surface area contributed by atoms with E-state index in [2.05, 4.69) is 4.98 Å². The molecule has 1 aromatic heterocycles. The lowest BCUT2D eigenvalue weighted by atomic mass is 9.92. The van der Waals surface area contributed by atoms with Crippen LogP contribution in [0.15, 0.2) is 48.7 Å². The van der Waals surface area contributed by atoms with Crippen molar-refractivity contribution >= 4 is 5.78 Å². The van der Waals surface area contributed by atoms with Crippen molar-refractivity contribution in [1.82, 2.24) is 4.98 Å². The molecule has 2 heteroatoms. The van der Waals surface area contributed by atoms with Gasteiger partial charge in [-0.15, -0.1) is 0 Å². The lowest BCUT2D eigenvalue weighted by Crippen LogP contribution is -2.12. The summed E-state index contributed by atoms with van der Waals surface area (Å²) >= 11 is 0. The number of Topliss-reactive ketones (excluding diaryl/α,β-unsaturated/α-hetero) is 1. The molecule has 82 valence electrons. The first-order chi connectivity index (χ1) is 7.83. The number of aromatic amines is 1. The Kier molecular flexibility index (Phi) is 3.20. The maximum Gasteiger partial charge on any atom is 0.171 e. The summed E-state index contributed by atoms with van der Waals surface area (Å²) in [5.41, 5.74) is 1.78. The maximum atomic E-state index is 12.3. The normalized spacial score (nSPS) is 12.3. The Labute approximate surface area is 95.3 Å². The van der Waals surface area contributed by atoms with E-state index >= 15 is 0 Å². The molecule has 0 amide bonds. The molecule has 2 aromatic rings. The fraction of sp³-hybridized carbons (Fsp3) is 0.214. The van der Waals surface area contributed by atoms with Crippen molar-refractivity contribution in [3.63, 3.8) is 0 Å². The number of rotatable bonds is 4. The first kappa shape index (κ1) is 10.7. The highest BCUT2D eigenvalue weighted by molar-refractivity contribution is 6.00. The molecule has 1 heterocycles. The van der Waals surface area contributed by atoms with Crippen molar-refractivity contribution < 1.29 is 4.79 Å². The molecule has 0 aliphatic carbocycles. The highest BCUT2D eigenvalue weighted by Crippen LogP contribution is 2.22. The molecule has 1 unspecified atom stereocenters. The van der Waals surface area contributed by atoms with Crippen LogP contribution in [-0.2, 0) is 0 Å². The van der Waals surface area contributed by atoms with Crippen LogP contribution in [0, 0.1) is 0 Å². The first-order valence-corrected chi connectivity index (χ1v) is 5.55. The van der Waals surface area contributed by atoms with E-state index < -0.39 is 0 Å². The molecule has 0 aliphatic rings. The van der Waals surface area contributed by atoms with Crippen LogP contribution in [0.5, 0.6) is 0 Å². The molecule has 0 radical (unpaired) electrons. The van der Waals surface area contributed by atoms with Crippen molar-refractivity contribution in [3.8, 4) is 0 Å². The average Bonchev–Trinajstić information content (AvgIpc) is 2.85. The standard InChI is InChI=1S/C14H15NO/c1-2-12(13-9-6-10-15-13)14(16)11-7-4-3-5-8-11/h3-10,12,15H,2H2,1H3. The molecule has 2 nitrogen and oxygen atoms in total. The Bertz CT molecular complexity index is 445. The zero-order valence-corrected chi connectivity index (χ0v) is 9.31. The first-order valence-electron chi connectivity index (χ1n) is 5.55. The van der Waals surface area contributed by atoms with Crippen LogP contribution >= 0.6 is 0 Å². The molecule has 1 atom stereocenters. The second-order valence-corrected chi connectivity index (χ2v) is 3.82. The van der Waals surface area contributed by atoms with Gasteiger partial charge in [0.25, 0.3) is 0 Å². The predicted octanol–water partition coefficient (Wildman–Crippen LogP) is 3.39. The SMILES string of the molecule is CCC(C(=O)c1ccccc1)c1ccc[nH]1. The van der Waals surface area contributed by atoms with Gasteiger partial charge in [-0.2, -0.15) is 0 Å². The van der Waals surface area contributed by atoms with Gasteiger partial charge in [-0.05, 0) is 18.6 Å². The molecule has 0 fully saturated rings. The van der Waals surface area contributed by atoms with E-state index in [1.54, 1.807) is 0 Å². The molecular weight excluding hydrogens is 198 g/mol. The number of carbonyl (C=O) groups is 1. The number of aromatic nitrogens is 1. The summed E-state index contributed by atoms with van der Waals surface area (Å²) < 4.78 is 0. The third kappa shape index (κ3) is 2.06. The molecular formula is C14H15NO. The Hall–Kier alpha value is -1.83. The van der Waals surface area contributed by atoms with Gasteiger partial charge in [-0.25, -0.2) is 0 Å². The van der Waals surface area contributed by atoms with Crippen molar-refractivity contribution in [1.29, 1.82) is 0 Å². The minimum atomic E-state index is -0.0580. The summed E-state index contributed by atoms with van der Waals surface area (Å²) in [5.74, 6) is 0.128. The lowest BCUT2D eigenvalue weighted by Gasteiger charge is -2.12. The van der Waals surface area contributed by atoms with Crippen molar-refractivity contribution in [2.24, 2.45) is 0 Å². The number of benzene rings is 1. The van der Waals surface area contributed by atoms with Gasteiger partial charge in [0.2, 0.25) is 0 Å². The van der Waals surface area contributed by atoms with Crippen LogP contribution in [0.4, 0.5) is 0 Å². The molecule has 2 rings (SSSR count).